The molecule has 0 saturated heterocycles. The van der Waals surface area contributed by atoms with Gasteiger partial charge in [0.25, 0.3) is 0 Å². The lowest BCUT2D eigenvalue weighted by Crippen LogP contribution is -2.00. The SMILES string of the molecule is c1ccc(-c2nc(-c3cc(-c4ccccc4)c4ccccc4c3)nc(-c3cccc4c3oc3cc5c6c(cccc6c34)-c3ccccc3-5)n2)cc1. The first-order valence-electron chi connectivity index (χ1n) is 17.2. The highest BCUT2D eigenvalue weighted by Crippen LogP contribution is 2.51. The number of furan rings is 1. The van der Waals surface area contributed by atoms with E-state index in [1.165, 1.54) is 38.4 Å². The molecule has 10 aromatic rings. The summed E-state index contributed by atoms with van der Waals surface area (Å²) in [5.74, 6) is 1.79. The second-order valence-electron chi connectivity index (χ2n) is 13.1. The highest BCUT2D eigenvalue weighted by atomic mass is 16.3. The first-order chi connectivity index (χ1) is 25.3. The highest BCUT2D eigenvalue weighted by molar-refractivity contribution is 6.28. The molecule has 4 nitrogen and oxygen atoms in total. The minimum absolute atomic E-state index is 0.570. The number of benzene rings is 8. The first kappa shape index (κ1) is 28.0. The Balaban J connectivity index is 1.17. The van der Waals surface area contributed by atoms with Crippen LogP contribution in [0.1, 0.15) is 0 Å². The van der Waals surface area contributed by atoms with Crippen LogP contribution < -0.4 is 0 Å². The van der Waals surface area contributed by atoms with Crippen LogP contribution in [-0.4, -0.2) is 15.0 Å². The number of hydrogen-bond donors (Lipinski definition) is 0. The van der Waals surface area contributed by atoms with Crippen LogP contribution in [0.15, 0.2) is 168 Å². The van der Waals surface area contributed by atoms with Gasteiger partial charge in [-0.2, -0.15) is 0 Å². The average Bonchev–Trinajstić information content (AvgIpc) is 3.75. The van der Waals surface area contributed by atoms with E-state index in [-0.39, 0.29) is 0 Å². The van der Waals surface area contributed by atoms with Gasteiger partial charge in [-0.25, -0.2) is 15.0 Å². The third-order valence-electron chi connectivity index (χ3n) is 10.2. The molecule has 1 aliphatic carbocycles. The molecule has 0 radical (unpaired) electrons. The van der Waals surface area contributed by atoms with E-state index in [1.807, 2.05) is 36.4 Å². The predicted molar refractivity (Wildman–Crippen MR) is 208 cm³/mol. The van der Waals surface area contributed by atoms with Crippen LogP contribution in [-0.2, 0) is 0 Å². The van der Waals surface area contributed by atoms with Gasteiger partial charge in [0.15, 0.2) is 17.5 Å². The van der Waals surface area contributed by atoms with Gasteiger partial charge in [0.1, 0.15) is 11.2 Å². The zero-order valence-corrected chi connectivity index (χ0v) is 27.3. The molecule has 0 bridgehead atoms. The Morgan fingerprint density at radius 3 is 1.73 bits per heavy atom. The molecule has 2 heterocycles. The fourth-order valence-corrected chi connectivity index (χ4v) is 7.97. The maximum absolute atomic E-state index is 6.85. The Hall–Kier alpha value is -6.91. The molecule has 1 aliphatic rings. The normalized spacial score (nSPS) is 11.9. The van der Waals surface area contributed by atoms with Gasteiger partial charge in [-0.15, -0.1) is 0 Å². The van der Waals surface area contributed by atoms with E-state index >= 15 is 0 Å². The summed E-state index contributed by atoms with van der Waals surface area (Å²) in [5, 5.41) is 6.93. The van der Waals surface area contributed by atoms with Crippen LogP contribution in [0.5, 0.6) is 0 Å². The van der Waals surface area contributed by atoms with Gasteiger partial charge in [-0.1, -0.05) is 140 Å². The smallest absolute Gasteiger partial charge is 0.167 e. The van der Waals surface area contributed by atoms with Crippen LogP contribution >= 0.6 is 0 Å². The average molecular weight is 650 g/mol. The van der Waals surface area contributed by atoms with E-state index < -0.39 is 0 Å². The predicted octanol–water partition coefficient (Wildman–Crippen LogP) is 12.4. The van der Waals surface area contributed by atoms with Crippen molar-refractivity contribution >= 4 is 43.5 Å². The van der Waals surface area contributed by atoms with Crippen molar-refractivity contribution in [3.8, 4) is 67.5 Å². The molecule has 0 saturated carbocycles. The number of aromatic nitrogens is 3. The summed E-state index contributed by atoms with van der Waals surface area (Å²) in [6.45, 7) is 0. The summed E-state index contributed by atoms with van der Waals surface area (Å²) in [6, 6.07) is 57.3. The molecule has 0 unspecified atom stereocenters. The molecule has 0 N–H and O–H groups in total. The summed E-state index contributed by atoms with van der Waals surface area (Å²) in [4.78, 5) is 15.4. The summed E-state index contributed by atoms with van der Waals surface area (Å²) in [7, 11) is 0. The van der Waals surface area contributed by atoms with Crippen LogP contribution in [0.4, 0.5) is 0 Å². The van der Waals surface area contributed by atoms with Gasteiger partial charge >= 0.3 is 0 Å². The second kappa shape index (κ2) is 10.8. The summed E-state index contributed by atoms with van der Waals surface area (Å²) in [5.41, 5.74) is 11.6. The summed E-state index contributed by atoms with van der Waals surface area (Å²) in [6.07, 6.45) is 0. The standard InChI is InChI=1S/C47H27N3O/c1-3-13-28(14-4-1)39-26-31(25-30-17-7-8-18-32(30)39)46-48-45(29-15-5-2-6-16-29)49-47(50-46)38-24-12-23-37-43-36-22-11-21-35-33-19-9-10-20-34(33)40(42(35)36)27-41(43)51-44(37)38/h1-27H. The van der Waals surface area contributed by atoms with Gasteiger partial charge in [0.2, 0.25) is 0 Å². The van der Waals surface area contributed by atoms with Crippen molar-refractivity contribution in [2.45, 2.75) is 0 Å². The van der Waals surface area contributed by atoms with Crippen LogP contribution in [0.3, 0.4) is 0 Å². The fourth-order valence-electron chi connectivity index (χ4n) is 7.97. The second-order valence-corrected chi connectivity index (χ2v) is 13.1. The van der Waals surface area contributed by atoms with Gasteiger partial charge in [0.05, 0.1) is 5.56 Å². The lowest BCUT2D eigenvalue weighted by atomic mass is 9.95. The molecule has 0 amide bonds. The molecule has 236 valence electrons. The van der Waals surface area contributed by atoms with E-state index in [4.69, 9.17) is 19.4 Å². The van der Waals surface area contributed by atoms with Crippen molar-refractivity contribution in [2.24, 2.45) is 0 Å². The Morgan fingerprint density at radius 1 is 0.333 bits per heavy atom. The van der Waals surface area contributed by atoms with Crippen molar-refractivity contribution in [3.63, 3.8) is 0 Å². The molecular formula is C47H27N3O. The molecule has 51 heavy (non-hydrogen) atoms. The lowest BCUT2D eigenvalue weighted by molar-refractivity contribution is 0.670. The van der Waals surface area contributed by atoms with Crippen LogP contribution in [0, 0.1) is 0 Å². The van der Waals surface area contributed by atoms with Gasteiger partial charge in [0, 0.05) is 21.9 Å². The first-order valence-corrected chi connectivity index (χ1v) is 17.2. The minimum atomic E-state index is 0.570. The van der Waals surface area contributed by atoms with Crippen molar-refractivity contribution in [1.82, 2.24) is 15.0 Å². The molecule has 2 aromatic heterocycles. The topological polar surface area (TPSA) is 51.8 Å². The molecule has 0 fully saturated rings. The molecule has 11 rings (SSSR count). The Kier molecular flexibility index (Phi) is 5.92. The largest absolute Gasteiger partial charge is 0.455 e. The number of rotatable bonds is 4. The van der Waals surface area contributed by atoms with Gasteiger partial charge in [-0.3, -0.25) is 0 Å². The van der Waals surface area contributed by atoms with E-state index in [2.05, 4.69) is 127 Å². The molecule has 4 heteroatoms. The molecule has 0 aliphatic heterocycles. The van der Waals surface area contributed by atoms with E-state index in [1.54, 1.807) is 0 Å². The monoisotopic (exact) mass is 649 g/mol. The number of fused-ring (bicyclic) bond motifs is 8. The van der Waals surface area contributed by atoms with Gasteiger partial charge < -0.3 is 4.42 Å². The van der Waals surface area contributed by atoms with Crippen LogP contribution in [0.2, 0.25) is 0 Å². The number of hydrogen-bond acceptors (Lipinski definition) is 4. The third kappa shape index (κ3) is 4.23. The molecule has 8 aromatic carbocycles. The quantitative estimate of drug-likeness (QED) is 0.190. The zero-order chi connectivity index (χ0) is 33.5. The van der Waals surface area contributed by atoms with Crippen molar-refractivity contribution in [1.29, 1.82) is 0 Å². The zero-order valence-electron chi connectivity index (χ0n) is 27.3. The molecular weight excluding hydrogens is 623 g/mol. The maximum atomic E-state index is 6.85. The fraction of sp³-hybridized carbons (Fsp3) is 0. The Morgan fingerprint density at radius 2 is 0.922 bits per heavy atom. The minimum Gasteiger partial charge on any atom is -0.455 e. The van der Waals surface area contributed by atoms with Gasteiger partial charge in [-0.05, 0) is 79.2 Å². The Labute approximate surface area is 293 Å². The van der Waals surface area contributed by atoms with Crippen molar-refractivity contribution in [2.75, 3.05) is 0 Å². The maximum Gasteiger partial charge on any atom is 0.167 e. The molecule has 0 atom stereocenters. The third-order valence-corrected chi connectivity index (χ3v) is 10.2. The Bertz CT molecular complexity index is 3020. The molecule has 0 spiro atoms. The van der Waals surface area contributed by atoms with E-state index in [0.717, 1.165) is 55.1 Å². The number of para-hydroxylation sites is 1. The number of nitrogens with zero attached hydrogens (tertiary/aromatic N) is 3. The summed E-state index contributed by atoms with van der Waals surface area (Å²) >= 11 is 0. The summed E-state index contributed by atoms with van der Waals surface area (Å²) < 4.78 is 6.85. The van der Waals surface area contributed by atoms with Crippen LogP contribution in [0.25, 0.3) is 111 Å². The highest BCUT2D eigenvalue weighted by Gasteiger charge is 2.25. The van der Waals surface area contributed by atoms with E-state index in [9.17, 15) is 0 Å². The van der Waals surface area contributed by atoms with E-state index in [0.29, 0.717) is 17.5 Å². The lowest BCUT2D eigenvalue weighted by Gasteiger charge is -2.12. The van der Waals surface area contributed by atoms with Crippen molar-refractivity contribution in [3.05, 3.63) is 164 Å². The van der Waals surface area contributed by atoms with Crippen molar-refractivity contribution < 1.29 is 4.42 Å².